The molecule has 9 nitrogen and oxygen atoms in total. The Hall–Kier alpha value is -3.97. The first kappa shape index (κ1) is 22.2. The summed E-state index contributed by atoms with van der Waals surface area (Å²) < 4.78 is 0.672. The monoisotopic (exact) mass is 502 g/mol. The Morgan fingerprint density at radius 3 is 2.64 bits per heavy atom. The minimum atomic E-state index is -0.441. The quantitative estimate of drug-likeness (QED) is 0.435. The highest BCUT2D eigenvalue weighted by atomic mass is 79.9. The van der Waals surface area contributed by atoms with Crippen molar-refractivity contribution in [2.75, 3.05) is 5.73 Å². The fourth-order valence-electron chi connectivity index (χ4n) is 3.39. The molecule has 0 radical (unpaired) electrons. The summed E-state index contributed by atoms with van der Waals surface area (Å²) in [5.74, 6) is 0.583. The molecule has 0 aromatic carbocycles. The first-order valence-corrected chi connectivity index (χ1v) is 10.8. The van der Waals surface area contributed by atoms with E-state index in [4.69, 9.17) is 11.0 Å². The zero-order chi connectivity index (χ0) is 23.5. The maximum Gasteiger partial charge on any atom is 0.256 e. The summed E-state index contributed by atoms with van der Waals surface area (Å²) in [6, 6.07) is 8.48. The van der Waals surface area contributed by atoms with Gasteiger partial charge >= 0.3 is 0 Å². The van der Waals surface area contributed by atoms with E-state index in [0.29, 0.717) is 38.6 Å². The van der Waals surface area contributed by atoms with Crippen molar-refractivity contribution in [3.05, 3.63) is 81.7 Å². The van der Waals surface area contributed by atoms with E-state index in [2.05, 4.69) is 40.8 Å². The lowest BCUT2D eigenvalue weighted by Gasteiger charge is -2.28. The Balaban J connectivity index is 1.75. The molecule has 164 valence electrons. The summed E-state index contributed by atoms with van der Waals surface area (Å²) in [6.07, 6.45) is 6.24. The normalized spacial score (nSPS) is 11.7. The Morgan fingerprint density at radius 1 is 1.21 bits per heavy atom. The van der Waals surface area contributed by atoms with Crippen molar-refractivity contribution >= 4 is 38.7 Å². The van der Waals surface area contributed by atoms with Crippen LogP contribution in [0.3, 0.4) is 0 Å². The van der Waals surface area contributed by atoms with Gasteiger partial charge in [0.05, 0.1) is 33.9 Å². The van der Waals surface area contributed by atoms with Crippen molar-refractivity contribution in [1.82, 2.24) is 29.8 Å². The van der Waals surface area contributed by atoms with Gasteiger partial charge in [-0.25, -0.2) is 19.9 Å². The lowest BCUT2D eigenvalue weighted by Crippen LogP contribution is -2.34. The molecule has 4 rings (SSSR count). The second kappa shape index (κ2) is 9.26. The molecular weight excluding hydrogens is 484 g/mol. The van der Waals surface area contributed by atoms with Gasteiger partial charge < -0.3 is 10.6 Å². The van der Waals surface area contributed by atoms with E-state index in [-0.39, 0.29) is 12.5 Å². The number of nitrogen functional groups attached to an aromatic ring is 1. The third-order valence-electron chi connectivity index (χ3n) is 5.27. The van der Waals surface area contributed by atoms with E-state index in [1.54, 1.807) is 41.6 Å². The number of aryl methyl sites for hydroxylation is 1. The zero-order valence-corrected chi connectivity index (χ0v) is 19.5. The van der Waals surface area contributed by atoms with Crippen molar-refractivity contribution < 1.29 is 4.79 Å². The second-order valence-corrected chi connectivity index (χ2v) is 8.19. The van der Waals surface area contributed by atoms with Gasteiger partial charge in [0.15, 0.2) is 5.65 Å². The van der Waals surface area contributed by atoms with Gasteiger partial charge in [-0.15, -0.1) is 0 Å². The van der Waals surface area contributed by atoms with Crippen molar-refractivity contribution in [1.29, 1.82) is 5.26 Å². The van der Waals surface area contributed by atoms with E-state index in [0.717, 1.165) is 10.9 Å². The standard InChI is InChI=1S/C23H19BrN8O/c1-13-18-8-16(11-30-22(18)31-20(26)19(13)24)23(33)32(14(2)21-27-6-3-7-28-21)12-17-5-4-15(9-25)10-29-17/h3-8,10-11,14H,12H2,1-2H3,(H2,26,30,31)/t14-/m1/s1. The molecule has 4 heterocycles. The van der Waals surface area contributed by atoms with E-state index in [1.807, 2.05) is 19.9 Å². The van der Waals surface area contributed by atoms with E-state index in [1.165, 1.54) is 12.4 Å². The number of nitrogens with two attached hydrogens (primary N) is 1. The summed E-state index contributed by atoms with van der Waals surface area (Å²) in [5.41, 5.74) is 8.71. The lowest BCUT2D eigenvalue weighted by atomic mass is 10.1. The third kappa shape index (κ3) is 4.49. The molecule has 0 aliphatic rings. The molecular formula is C23H19BrN8O. The average molecular weight is 503 g/mol. The predicted molar refractivity (Wildman–Crippen MR) is 126 cm³/mol. The van der Waals surface area contributed by atoms with Gasteiger partial charge in [-0.3, -0.25) is 9.78 Å². The molecule has 0 bridgehead atoms. The van der Waals surface area contributed by atoms with Crippen molar-refractivity contribution in [2.24, 2.45) is 0 Å². The minimum absolute atomic E-state index is 0.199. The summed E-state index contributed by atoms with van der Waals surface area (Å²) in [4.78, 5) is 36.9. The van der Waals surface area contributed by atoms with Crippen LogP contribution in [-0.4, -0.2) is 35.7 Å². The van der Waals surface area contributed by atoms with Gasteiger partial charge in [-0.1, -0.05) is 0 Å². The molecule has 4 aromatic heterocycles. The number of hydrogen-bond acceptors (Lipinski definition) is 8. The lowest BCUT2D eigenvalue weighted by molar-refractivity contribution is 0.0663. The fraction of sp³-hybridized carbons (Fsp3) is 0.174. The number of halogens is 1. The molecule has 0 saturated carbocycles. The number of aromatic nitrogens is 5. The molecule has 0 saturated heterocycles. The number of nitrogens with zero attached hydrogens (tertiary/aromatic N) is 7. The Bertz CT molecular complexity index is 1370. The Kier molecular flexibility index (Phi) is 6.24. The summed E-state index contributed by atoms with van der Waals surface area (Å²) in [7, 11) is 0. The van der Waals surface area contributed by atoms with Crippen LogP contribution in [0.4, 0.5) is 5.82 Å². The van der Waals surface area contributed by atoms with Crippen molar-refractivity contribution in [2.45, 2.75) is 26.4 Å². The number of fused-ring (bicyclic) bond motifs is 1. The van der Waals surface area contributed by atoms with Gasteiger partial charge in [0, 0.05) is 30.2 Å². The average Bonchev–Trinajstić information content (AvgIpc) is 2.86. The Morgan fingerprint density at radius 2 is 1.97 bits per heavy atom. The highest BCUT2D eigenvalue weighted by Crippen LogP contribution is 2.29. The maximum absolute atomic E-state index is 13.7. The van der Waals surface area contributed by atoms with E-state index in [9.17, 15) is 4.79 Å². The van der Waals surface area contributed by atoms with Crippen molar-refractivity contribution in [3.63, 3.8) is 0 Å². The van der Waals surface area contributed by atoms with Gasteiger partial charge in [0.2, 0.25) is 0 Å². The van der Waals surface area contributed by atoms with E-state index >= 15 is 0 Å². The largest absolute Gasteiger partial charge is 0.383 e. The molecule has 0 unspecified atom stereocenters. The molecule has 1 atom stereocenters. The maximum atomic E-state index is 13.7. The number of pyridine rings is 3. The zero-order valence-electron chi connectivity index (χ0n) is 17.9. The molecule has 0 fully saturated rings. The number of anilines is 1. The number of carbonyl (C=O) groups is 1. The van der Waals surface area contributed by atoms with Crippen LogP contribution in [0.5, 0.6) is 0 Å². The fourth-order valence-corrected chi connectivity index (χ4v) is 3.69. The van der Waals surface area contributed by atoms with Crippen LogP contribution in [0.15, 0.2) is 53.5 Å². The van der Waals surface area contributed by atoms with Gasteiger partial charge in [-0.2, -0.15) is 5.26 Å². The van der Waals surface area contributed by atoms with Crippen LogP contribution in [0.2, 0.25) is 0 Å². The summed E-state index contributed by atoms with van der Waals surface area (Å²) >= 11 is 3.44. The molecule has 33 heavy (non-hydrogen) atoms. The van der Waals surface area contributed by atoms with Crippen LogP contribution < -0.4 is 5.73 Å². The molecule has 0 aliphatic heterocycles. The molecule has 0 spiro atoms. The van der Waals surface area contributed by atoms with Gasteiger partial charge in [0.25, 0.3) is 5.91 Å². The van der Waals surface area contributed by atoms with Gasteiger partial charge in [0.1, 0.15) is 17.7 Å². The van der Waals surface area contributed by atoms with Gasteiger partial charge in [-0.05, 0) is 59.6 Å². The summed E-state index contributed by atoms with van der Waals surface area (Å²) in [6.45, 7) is 3.94. The SMILES string of the molecule is Cc1c(Br)c(N)nc2ncc(C(=O)N(Cc3ccc(C#N)cn3)[C@H](C)c3ncccn3)cc12. The van der Waals surface area contributed by atoms with Crippen LogP contribution >= 0.6 is 15.9 Å². The number of rotatable bonds is 5. The van der Waals surface area contributed by atoms with Crippen molar-refractivity contribution in [3.8, 4) is 6.07 Å². The van der Waals surface area contributed by atoms with Crippen LogP contribution in [-0.2, 0) is 6.54 Å². The Labute approximate surface area is 198 Å². The number of amides is 1. The molecule has 1 amide bonds. The molecule has 2 N–H and O–H groups in total. The predicted octanol–water partition coefficient (Wildman–Crippen LogP) is 3.74. The first-order valence-electron chi connectivity index (χ1n) is 10.0. The number of nitriles is 1. The highest BCUT2D eigenvalue weighted by Gasteiger charge is 2.26. The van der Waals surface area contributed by atoms with Crippen LogP contribution in [0.1, 0.15) is 46.0 Å². The highest BCUT2D eigenvalue weighted by molar-refractivity contribution is 9.10. The van der Waals surface area contributed by atoms with Crippen LogP contribution in [0, 0.1) is 18.3 Å². The molecule has 0 aliphatic carbocycles. The molecule has 4 aromatic rings. The van der Waals surface area contributed by atoms with E-state index < -0.39 is 6.04 Å². The minimum Gasteiger partial charge on any atom is -0.383 e. The van der Waals surface area contributed by atoms with Crippen LogP contribution in [0.25, 0.3) is 11.0 Å². The summed E-state index contributed by atoms with van der Waals surface area (Å²) in [5, 5.41) is 9.76. The second-order valence-electron chi connectivity index (χ2n) is 7.40. The third-order valence-corrected chi connectivity index (χ3v) is 6.27. The number of carbonyl (C=O) groups excluding carboxylic acids is 1. The smallest absolute Gasteiger partial charge is 0.256 e. The first-order chi connectivity index (χ1) is 15.9. The topological polar surface area (TPSA) is 135 Å². The molecule has 10 heteroatoms. The number of hydrogen-bond donors (Lipinski definition) is 1.